The van der Waals surface area contributed by atoms with Gasteiger partial charge in [0.2, 0.25) is 5.88 Å². The summed E-state index contributed by atoms with van der Waals surface area (Å²) in [6, 6.07) is 12.2. The van der Waals surface area contributed by atoms with E-state index in [2.05, 4.69) is 15.6 Å². The van der Waals surface area contributed by atoms with Crippen molar-refractivity contribution in [2.45, 2.75) is 32.8 Å². The van der Waals surface area contributed by atoms with Crippen LogP contribution in [0.2, 0.25) is 0 Å². The number of nitrogens with one attached hydrogen (secondary N) is 2. The lowest BCUT2D eigenvalue weighted by Gasteiger charge is -2.19. The monoisotopic (exact) mass is 371 g/mol. The Kier molecular flexibility index (Phi) is 7.16. The summed E-state index contributed by atoms with van der Waals surface area (Å²) >= 11 is 0. The van der Waals surface area contributed by atoms with Gasteiger partial charge in [-0.05, 0) is 51.5 Å². The van der Waals surface area contributed by atoms with E-state index in [4.69, 9.17) is 9.47 Å². The van der Waals surface area contributed by atoms with Crippen molar-refractivity contribution < 1.29 is 19.1 Å². The van der Waals surface area contributed by atoms with Crippen LogP contribution in [0.3, 0.4) is 0 Å². The number of carbonyl (C=O) groups excluding carboxylic acids is 2. The topological polar surface area (TPSA) is 89.6 Å². The van der Waals surface area contributed by atoms with E-state index in [9.17, 15) is 9.59 Å². The number of hydrogen-bond donors (Lipinski definition) is 2. The van der Waals surface area contributed by atoms with Gasteiger partial charge in [0.1, 0.15) is 11.4 Å². The van der Waals surface area contributed by atoms with Crippen LogP contribution >= 0.6 is 0 Å². The first kappa shape index (κ1) is 20.2. The SMILES string of the molecule is CC(C)(C)OC(=O)NCCCNC(=O)c1cccc(Oc2ccccn2)c1. The van der Waals surface area contributed by atoms with Crippen molar-refractivity contribution >= 4 is 12.0 Å². The predicted octanol–water partition coefficient (Wildman–Crippen LogP) is 3.52. The van der Waals surface area contributed by atoms with Crippen molar-refractivity contribution in [3.8, 4) is 11.6 Å². The first-order valence-electron chi connectivity index (χ1n) is 8.77. The molecule has 1 heterocycles. The second-order valence-electron chi connectivity index (χ2n) is 6.84. The summed E-state index contributed by atoms with van der Waals surface area (Å²) in [7, 11) is 0. The minimum Gasteiger partial charge on any atom is -0.444 e. The Hall–Kier alpha value is -3.09. The fourth-order valence-corrected chi connectivity index (χ4v) is 2.13. The molecular formula is C20H25N3O4. The molecule has 0 saturated heterocycles. The maximum absolute atomic E-state index is 12.2. The molecule has 0 aliphatic carbocycles. The highest BCUT2D eigenvalue weighted by Crippen LogP contribution is 2.19. The summed E-state index contributed by atoms with van der Waals surface area (Å²) in [5, 5.41) is 5.46. The number of pyridine rings is 1. The standard InChI is InChI=1S/C20H25N3O4/c1-20(2,3)27-19(25)23-13-7-12-22-18(24)15-8-6-9-16(14-15)26-17-10-4-5-11-21-17/h4-6,8-11,14H,7,12-13H2,1-3H3,(H,22,24)(H,23,25). The van der Waals surface area contributed by atoms with Gasteiger partial charge in [-0.3, -0.25) is 4.79 Å². The molecule has 0 bridgehead atoms. The Morgan fingerprint density at radius 3 is 2.52 bits per heavy atom. The molecule has 0 aliphatic rings. The highest BCUT2D eigenvalue weighted by Gasteiger charge is 2.15. The van der Waals surface area contributed by atoms with Crippen molar-refractivity contribution in [1.29, 1.82) is 0 Å². The van der Waals surface area contributed by atoms with Gasteiger partial charge in [-0.15, -0.1) is 0 Å². The van der Waals surface area contributed by atoms with Crippen LogP contribution in [0.15, 0.2) is 48.7 Å². The van der Waals surface area contributed by atoms with E-state index >= 15 is 0 Å². The Balaban J connectivity index is 1.74. The lowest BCUT2D eigenvalue weighted by molar-refractivity contribution is 0.0527. The molecule has 2 aromatic rings. The third-order valence-corrected chi connectivity index (χ3v) is 3.26. The summed E-state index contributed by atoms with van der Waals surface area (Å²) in [5.41, 5.74) is -0.0377. The Morgan fingerprint density at radius 1 is 1.04 bits per heavy atom. The van der Waals surface area contributed by atoms with E-state index in [0.29, 0.717) is 36.7 Å². The second-order valence-corrected chi connectivity index (χ2v) is 6.84. The maximum Gasteiger partial charge on any atom is 0.407 e. The average molecular weight is 371 g/mol. The third kappa shape index (κ3) is 7.77. The molecule has 27 heavy (non-hydrogen) atoms. The van der Waals surface area contributed by atoms with Crippen LogP contribution in [0.25, 0.3) is 0 Å². The number of benzene rings is 1. The van der Waals surface area contributed by atoms with Gasteiger partial charge >= 0.3 is 6.09 Å². The quantitative estimate of drug-likeness (QED) is 0.727. The highest BCUT2D eigenvalue weighted by atomic mass is 16.6. The van der Waals surface area contributed by atoms with Crippen LogP contribution < -0.4 is 15.4 Å². The highest BCUT2D eigenvalue weighted by molar-refractivity contribution is 5.94. The lowest BCUT2D eigenvalue weighted by atomic mass is 10.2. The Morgan fingerprint density at radius 2 is 1.81 bits per heavy atom. The fraction of sp³-hybridized carbons (Fsp3) is 0.350. The van der Waals surface area contributed by atoms with Gasteiger partial charge in [-0.1, -0.05) is 12.1 Å². The molecular weight excluding hydrogens is 346 g/mol. The van der Waals surface area contributed by atoms with Crippen LogP contribution in [0.1, 0.15) is 37.6 Å². The zero-order valence-electron chi connectivity index (χ0n) is 15.8. The average Bonchev–Trinajstić information content (AvgIpc) is 2.61. The van der Waals surface area contributed by atoms with Crippen LogP contribution in [-0.4, -0.2) is 35.7 Å². The molecule has 2 rings (SSSR count). The molecule has 0 radical (unpaired) electrons. The number of alkyl carbamates (subject to hydrolysis) is 1. The molecule has 0 fully saturated rings. The molecule has 2 amide bonds. The van der Waals surface area contributed by atoms with Crippen LogP contribution in [-0.2, 0) is 4.74 Å². The number of hydrogen-bond acceptors (Lipinski definition) is 5. The van der Waals surface area contributed by atoms with Crippen molar-refractivity contribution in [2.24, 2.45) is 0 Å². The summed E-state index contributed by atoms with van der Waals surface area (Å²) in [6.07, 6.45) is 1.76. The van der Waals surface area contributed by atoms with Crippen molar-refractivity contribution in [3.63, 3.8) is 0 Å². The molecule has 7 nitrogen and oxygen atoms in total. The zero-order valence-corrected chi connectivity index (χ0v) is 15.8. The van der Waals surface area contributed by atoms with Gasteiger partial charge in [0.15, 0.2) is 0 Å². The van der Waals surface area contributed by atoms with Crippen molar-refractivity contribution in [2.75, 3.05) is 13.1 Å². The molecule has 0 unspecified atom stereocenters. The van der Waals surface area contributed by atoms with Gasteiger partial charge in [-0.2, -0.15) is 0 Å². The number of aromatic nitrogens is 1. The fourth-order valence-electron chi connectivity index (χ4n) is 2.13. The van der Waals surface area contributed by atoms with E-state index in [0.717, 1.165) is 0 Å². The minimum absolute atomic E-state index is 0.210. The lowest BCUT2D eigenvalue weighted by Crippen LogP contribution is -2.34. The first-order valence-corrected chi connectivity index (χ1v) is 8.77. The number of amides is 2. The largest absolute Gasteiger partial charge is 0.444 e. The van der Waals surface area contributed by atoms with E-state index in [1.54, 1.807) is 63.4 Å². The number of ether oxygens (including phenoxy) is 2. The molecule has 0 aliphatic heterocycles. The maximum atomic E-state index is 12.2. The van der Waals surface area contributed by atoms with Crippen molar-refractivity contribution in [1.82, 2.24) is 15.6 Å². The van der Waals surface area contributed by atoms with E-state index in [1.165, 1.54) is 0 Å². The summed E-state index contributed by atoms with van der Waals surface area (Å²) in [5.74, 6) is 0.787. The Bertz CT molecular complexity index is 757. The molecule has 1 aromatic carbocycles. The van der Waals surface area contributed by atoms with Gasteiger partial charge < -0.3 is 20.1 Å². The zero-order chi connectivity index (χ0) is 19.7. The molecule has 2 N–H and O–H groups in total. The predicted molar refractivity (Wildman–Crippen MR) is 102 cm³/mol. The number of carbonyl (C=O) groups is 2. The summed E-state index contributed by atoms with van der Waals surface area (Å²) in [6.45, 7) is 6.26. The normalized spacial score (nSPS) is 10.8. The Labute approximate surface area is 159 Å². The number of rotatable bonds is 7. The van der Waals surface area contributed by atoms with Crippen LogP contribution in [0.4, 0.5) is 4.79 Å². The molecule has 7 heteroatoms. The molecule has 144 valence electrons. The molecule has 1 aromatic heterocycles. The van der Waals surface area contributed by atoms with E-state index in [-0.39, 0.29) is 5.91 Å². The third-order valence-electron chi connectivity index (χ3n) is 3.26. The molecule has 0 atom stereocenters. The van der Waals surface area contributed by atoms with Gasteiger partial charge in [0.25, 0.3) is 5.91 Å². The van der Waals surface area contributed by atoms with E-state index < -0.39 is 11.7 Å². The first-order chi connectivity index (χ1) is 12.8. The smallest absolute Gasteiger partial charge is 0.407 e. The van der Waals surface area contributed by atoms with Crippen LogP contribution in [0.5, 0.6) is 11.6 Å². The van der Waals surface area contributed by atoms with Crippen molar-refractivity contribution in [3.05, 3.63) is 54.2 Å². The summed E-state index contributed by atoms with van der Waals surface area (Å²) in [4.78, 5) is 27.9. The summed E-state index contributed by atoms with van der Waals surface area (Å²) < 4.78 is 10.8. The van der Waals surface area contributed by atoms with Crippen LogP contribution in [0, 0.1) is 0 Å². The number of nitrogens with zero attached hydrogens (tertiary/aromatic N) is 1. The molecule has 0 saturated carbocycles. The van der Waals surface area contributed by atoms with E-state index in [1.807, 2.05) is 6.07 Å². The molecule has 0 spiro atoms. The van der Waals surface area contributed by atoms with Gasteiger partial charge in [0, 0.05) is 30.9 Å². The second kappa shape index (κ2) is 9.56. The van der Waals surface area contributed by atoms with Gasteiger partial charge in [0.05, 0.1) is 0 Å². The van der Waals surface area contributed by atoms with Gasteiger partial charge in [-0.25, -0.2) is 9.78 Å². The minimum atomic E-state index is -0.527.